The molecule has 7 heteroatoms. The van der Waals surface area contributed by atoms with Gasteiger partial charge in [0.15, 0.2) is 0 Å². The number of hydrogen-bond donors (Lipinski definition) is 3. The van der Waals surface area contributed by atoms with Crippen molar-refractivity contribution >= 4 is 28.6 Å². The molecular weight excluding hydrogens is 382 g/mol. The first-order valence-corrected chi connectivity index (χ1v) is 9.25. The van der Waals surface area contributed by atoms with E-state index >= 15 is 0 Å². The van der Waals surface area contributed by atoms with E-state index in [1.807, 2.05) is 48.5 Å². The number of carboxylic acid groups (broad SMARTS) is 1. The van der Waals surface area contributed by atoms with Gasteiger partial charge in [0.25, 0.3) is 5.91 Å². The van der Waals surface area contributed by atoms with Gasteiger partial charge in [-0.3, -0.25) is 9.59 Å². The van der Waals surface area contributed by atoms with Crippen LogP contribution >= 0.6 is 0 Å². The Morgan fingerprint density at radius 1 is 0.933 bits per heavy atom. The van der Waals surface area contributed by atoms with Crippen LogP contribution in [0.1, 0.15) is 26.3 Å². The van der Waals surface area contributed by atoms with E-state index in [-0.39, 0.29) is 24.1 Å². The Labute approximate surface area is 172 Å². The monoisotopic (exact) mass is 401 g/mol. The molecule has 30 heavy (non-hydrogen) atoms. The normalized spacial score (nSPS) is 11.3. The topological polar surface area (TPSA) is 119 Å². The molecule has 0 aliphatic heterocycles. The van der Waals surface area contributed by atoms with Crippen molar-refractivity contribution in [3.8, 4) is 6.07 Å². The fourth-order valence-electron chi connectivity index (χ4n) is 3.16. The summed E-state index contributed by atoms with van der Waals surface area (Å²) in [6.45, 7) is -0.200. The molecule has 1 unspecified atom stereocenters. The van der Waals surface area contributed by atoms with Crippen LogP contribution < -0.4 is 10.6 Å². The maximum Gasteiger partial charge on any atom is 0.336 e. The van der Waals surface area contributed by atoms with Gasteiger partial charge in [0.1, 0.15) is 12.6 Å². The van der Waals surface area contributed by atoms with E-state index in [1.54, 1.807) is 6.07 Å². The number of hydrogen-bond acceptors (Lipinski definition) is 4. The Balaban J connectivity index is 1.87. The molecule has 0 bridgehead atoms. The van der Waals surface area contributed by atoms with Crippen molar-refractivity contribution in [2.75, 3.05) is 6.54 Å². The molecule has 7 nitrogen and oxygen atoms in total. The summed E-state index contributed by atoms with van der Waals surface area (Å²) in [5, 5.41) is 25.2. The van der Waals surface area contributed by atoms with Gasteiger partial charge in [0.05, 0.1) is 17.2 Å². The second-order valence-electron chi connectivity index (χ2n) is 6.64. The molecule has 3 aromatic carbocycles. The molecule has 0 aliphatic carbocycles. The molecule has 0 heterocycles. The smallest absolute Gasteiger partial charge is 0.336 e. The summed E-state index contributed by atoms with van der Waals surface area (Å²) < 4.78 is 0. The fraction of sp³-hybridized carbons (Fsp3) is 0.130. The van der Waals surface area contributed by atoms with Gasteiger partial charge in [0.2, 0.25) is 5.91 Å². The van der Waals surface area contributed by atoms with Crippen LogP contribution in [-0.4, -0.2) is 35.5 Å². The predicted molar refractivity (Wildman–Crippen MR) is 111 cm³/mol. The highest BCUT2D eigenvalue weighted by molar-refractivity contribution is 6.06. The summed E-state index contributed by atoms with van der Waals surface area (Å²) in [6, 6.07) is 20.1. The van der Waals surface area contributed by atoms with Crippen LogP contribution in [0.3, 0.4) is 0 Å². The number of aromatic carboxylic acids is 1. The third kappa shape index (κ3) is 4.80. The van der Waals surface area contributed by atoms with Gasteiger partial charge in [-0.15, -0.1) is 0 Å². The zero-order valence-corrected chi connectivity index (χ0v) is 16.0. The Morgan fingerprint density at radius 3 is 2.30 bits per heavy atom. The van der Waals surface area contributed by atoms with Crippen molar-refractivity contribution in [1.29, 1.82) is 5.26 Å². The van der Waals surface area contributed by atoms with Crippen molar-refractivity contribution in [3.05, 3.63) is 83.4 Å². The highest BCUT2D eigenvalue weighted by atomic mass is 16.4. The lowest BCUT2D eigenvalue weighted by molar-refractivity contribution is -0.122. The van der Waals surface area contributed by atoms with Crippen LogP contribution in [0.4, 0.5) is 0 Å². The fourth-order valence-corrected chi connectivity index (χ4v) is 3.16. The average molecular weight is 401 g/mol. The van der Waals surface area contributed by atoms with E-state index in [0.717, 1.165) is 16.3 Å². The number of nitrogens with zero attached hydrogens (tertiary/aromatic N) is 1. The second kappa shape index (κ2) is 9.34. The van der Waals surface area contributed by atoms with E-state index in [1.165, 1.54) is 18.2 Å². The standard InChI is InChI=1S/C23H19N3O4/c24-11-12-25-22(28)20(14-15-9-10-16-5-1-2-6-17(16)13-15)26-21(27)18-7-3-4-8-19(18)23(29)30/h1-10,13,20H,12,14H2,(H,25,28)(H,26,27)(H,29,30). The SMILES string of the molecule is N#CCNC(=O)C(Cc1ccc2ccccc2c1)NC(=O)c1ccccc1C(=O)O. The first-order valence-electron chi connectivity index (χ1n) is 9.25. The minimum atomic E-state index is -1.24. The van der Waals surface area contributed by atoms with Crippen molar-refractivity contribution in [3.63, 3.8) is 0 Å². The number of rotatable bonds is 7. The van der Waals surface area contributed by atoms with Gasteiger partial charge in [0, 0.05) is 6.42 Å². The molecule has 0 saturated carbocycles. The highest BCUT2D eigenvalue weighted by Gasteiger charge is 2.24. The summed E-state index contributed by atoms with van der Waals surface area (Å²) in [5.41, 5.74) is 0.621. The largest absolute Gasteiger partial charge is 0.478 e. The molecule has 1 atom stereocenters. The number of carboxylic acids is 1. The summed E-state index contributed by atoms with van der Waals surface area (Å²) in [7, 11) is 0. The molecule has 3 N–H and O–H groups in total. The lowest BCUT2D eigenvalue weighted by atomic mass is 10.00. The zero-order chi connectivity index (χ0) is 21.5. The quantitative estimate of drug-likeness (QED) is 0.526. The van der Waals surface area contributed by atoms with Crippen molar-refractivity contribution < 1.29 is 19.5 Å². The molecule has 0 aromatic heterocycles. The minimum absolute atomic E-state index is 0.0402. The van der Waals surface area contributed by atoms with E-state index in [9.17, 15) is 19.5 Å². The van der Waals surface area contributed by atoms with Gasteiger partial charge >= 0.3 is 5.97 Å². The first kappa shape index (κ1) is 20.6. The molecule has 0 radical (unpaired) electrons. The molecule has 2 amide bonds. The molecule has 0 saturated heterocycles. The molecule has 0 aliphatic rings. The summed E-state index contributed by atoms with van der Waals surface area (Å²) in [5.74, 6) is -2.43. The van der Waals surface area contributed by atoms with Gasteiger partial charge in [-0.25, -0.2) is 4.79 Å². The van der Waals surface area contributed by atoms with Crippen LogP contribution in [0, 0.1) is 11.3 Å². The van der Waals surface area contributed by atoms with Crippen LogP contribution in [-0.2, 0) is 11.2 Å². The van der Waals surface area contributed by atoms with Crippen LogP contribution in [0.25, 0.3) is 10.8 Å². The van der Waals surface area contributed by atoms with Gasteiger partial charge < -0.3 is 15.7 Å². The maximum absolute atomic E-state index is 12.7. The Hall–Kier alpha value is -4.18. The minimum Gasteiger partial charge on any atom is -0.478 e. The maximum atomic E-state index is 12.7. The van der Waals surface area contributed by atoms with Crippen LogP contribution in [0.5, 0.6) is 0 Å². The van der Waals surface area contributed by atoms with Crippen molar-refractivity contribution in [2.24, 2.45) is 0 Å². The number of carbonyl (C=O) groups excluding carboxylic acids is 2. The first-order chi connectivity index (χ1) is 14.5. The van der Waals surface area contributed by atoms with Crippen molar-refractivity contribution in [2.45, 2.75) is 12.5 Å². The molecule has 0 fully saturated rings. The number of fused-ring (bicyclic) bond motifs is 1. The molecule has 150 valence electrons. The number of carbonyl (C=O) groups is 3. The van der Waals surface area contributed by atoms with E-state index < -0.39 is 23.8 Å². The highest BCUT2D eigenvalue weighted by Crippen LogP contribution is 2.17. The number of nitrogens with one attached hydrogen (secondary N) is 2. The number of nitriles is 1. The molecule has 3 rings (SSSR count). The summed E-state index contributed by atoms with van der Waals surface area (Å²) in [4.78, 5) is 36.7. The van der Waals surface area contributed by atoms with Gasteiger partial charge in [-0.05, 0) is 28.5 Å². The van der Waals surface area contributed by atoms with E-state index in [0.29, 0.717) is 0 Å². The third-order valence-electron chi connectivity index (χ3n) is 4.62. The second-order valence-corrected chi connectivity index (χ2v) is 6.64. The van der Waals surface area contributed by atoms with Gasteiger partial charge in [-0.2, -0.15) is 5.26 Å². The molecule has 0 spiro atoms. The van der Waals surface area contributed by atoms with Crippen molar-refractivity contribution in [1.82, 2.24) is 10.6 Å². The van der Waals surface area contributed by atoms with E-state index in [2.05, 4.69) is 10.6 Å². The number of amides is 2. The lowest BCUT2D eigenvalue weighted by Gasteiger charge is -2.19. The molecule has 3 aromatic rings. The number of benzene rings is 3. The Bertz CT molecular complexity index is 1150. The predicted octanol–water partition coefficient (Wildman–Crippen LogP) is 2.52. The average Bonchev–Trinajstić information content (AvgIpc) is 2.76. The Kier molecular flexibility index (Phi) is 6.40. The summed E-state index contributed by atoms with van der Waals surface area (Å²) >= 11 is 0. The van der Waals surface area contributed by atoms with Gasteiger partial charge in [-0.1, -0.05) is 54.6 Å². The molecular formula is C23H19N3O4. The van der Waals surface area contributed by atoms with Crippen LogP contribution in [0.15, 0.2) is 66.7 Å². The Morgan fingerprint density at radius 2 is 1.60 bits per heavy atom. The third-order valence-corrected chi connectivity index (χ3v) is 4.62. The van der Waals surface area contributed by atoms with E-state index in [4.69, 9.17) is 5.26 Å². The summed E-state index contributed by atoms with van der Waals surface area (Å²) in [6.07, 6.45) is 0.184. The van der Waals surface area contributed by atoms with Crippen LogP contribution in [0.2, 0.25) is 0 Å². The lowest BCUT2D eigenvalue weighted by Crippen LogP contribution is -2.48. The zero-order valence-electron chi connectivity index (χ0n) is 16.0.